The highest BCUT2D eigenvalue weighted by molar-refractivity contribution is 7.09. The Balaban J connectivity index is 1.88. The van der Waals surface area contributed by atoms with Gasteiger partial charge >= 0.3 is 6.03 Å². The molecule has 8 heteroatoms. The van der Waals surface area contributed by atoms with Crippen molar-refractivity contribution in [1.29, 1.82) is 0 Å². The van der Waals surface area contributed by atoms with Crippen molar-refractivity contribution in [2.75, 3.05) is 39.9 Å². The first-order valence-electron chi connectivity index (χ1n) is 8.63. The Hall–Kier alpha value is -1.51. The van der Waals surface area contributed by atoms with Crippen molar-refractivity contribution in [2.45, 2.75) is 39.3 Å². The largest absolute Gasteiger partial charge is 0.379 e. The average molecular weight is 369 g/mol. The van der Waals surface area contributed by atoms with Gasteiger partial charge in [0.15, 0.2) is 5.78 Å². The molecule has 0 aromatic carbocycles. The lowest BCUT2D eigenvalue weighted by atomic mass is 10.2. The molecule has 1 saturated heterocycles. The number of hydrogen-bond acceptors (Lipinski definition) is 6. The van der Waals surface area contributed by atoms with Crippen LogP contribution in [0, 0.1) is 0 Å². The molecule has 0 radical (unpaired) electrons. The third-order valence-corrected chi connectivity index (χ3v) is 5.34. The first-order chi connectivity index (χ1) is 11.9. The quantitative estimate of drug-likeness (QED) is 0.793. The summed E-state index contributed by atoms with van der Waals surface area (Å²) in [5.41, 5.74) is 0.874. The molecule has 1 aromatic rings. The second-order valence-corrected chi connectivity index (χ2v) is 7.60. The van der Waals surface area contributed by atoms with Gasteiger partial charge in [0.2, 0.25) is 0 Å². The van der Waals surface area contributed by atoms with Gasteiger partial charge in [-0.1, -0.05) is 13.8 Å². The summed E-state index contributed by atoms with van der Waals surface area (Å²) in [6.07, 6.45) is 0. The second-order valence-electron chi connectivity index (χ2n) is 6.71. The fraction of sp³-hybridized carbons (Fsp3) is 0.706. The van der Waals surface area contributed by atoms with E-state index in [1.165, 1.54) is 6.92 Å². The van der Waals surface area contributed by atoms with Gasteiger partial charge < -0.3 is 15.0 Å². The number of aromatic nitrogens is 1. The third-order valence-electron chi connectivity index (χ3n) is 4.14. The molecular weight excluding hydrogens is 340 g/mol. The van der Waals surface area contributed by atoms with Crippen LogP contribution in [0.2, 0.25) is 0 Å². The molecule has 2 rings (SSSR count). The van der Waals surface area contributed by atoms with Crippen LogP contribution in [0.5, 0.6) is 0 Å². The smallest absolute Gasteiger partial charge is 0.318 e. The highest BCUT2D eigenvalue weighted by atomic mass is 32.1. The first kappa shape index (κ1) is 19.8. The third kappa shape index (κ3) is 6.05. The number of morpholine rings is 1. The number of nitrogens with zero attached hydrogens (tertiary/aromatic N) is 3. The zero-order chi connectivity index (χ0) is 18.4. The molecule has 0 saturated carbocycles. The van der Waals surface area contributed by atoms with Crippen molar-refractivity contribution in [3.8, 4) is 0 Å². The summed E-state index contributed by atoms with van der Waals surface area (Å²) in [7, 11) is 1.72. The highest BCUT2D eigenvalue weighted by Crippen LogP contribution is 2.19. The maximum atomic E-state index is 12.4. The second kappa shape index (κ2) is 9.26. The van der Waals surface area contributed by atoms with Gasteiger partial charge in [0.1, 0.15) is 6.04 Å². The number of ether oxygens (including phenoxy) is 1. The van der Waals surface area contributed by atoms with Crippen LogP contribution in [0.15, 0.2) is 5.38 Å². The van der Waals surface area contributed by atoms with Crippen LogP contribution in [0.3, 0.4) is 0 Å². The minimum atomic E-state index is -0.505. The SMILES string of the molecule is CC(=O)C(CN1CCOCC1)NC(=O)N(C)Cc1csc(C(C)C)n1. The summed E-state index contributed by atoms with van der Waals surface area (Å²) in [6.45, 7) is 9.56. The molecule has 1 aromatic heterocycles. The zero-order valence-corrected chi connectivity index (χ0v) is 16.3. The number of rotatable bonds is 7. The van der Waals surface area contributed by atoms with Crippen molar-refractivity contribution in [1.82, 2.24) is 20.1 Å². The molecule has 0 aliphatic carbocycles. The number of urea groups is 1. The lowest BCUT2D eigenvalue weighted by Crippen LogP contribution is -2.52. The van der Waals surface area contributed by atoms with Crippen LogP contribution in [0.1, 0.15) is 37.4 Å². The predicted octanol–water partition coefficient (Wildman–Crippen LogP) is 1.70. The molecule has 1 unspecified atom stereocenters. The lowest BCUT2D eigenvalue weighted by molar-refractivity contribution is -0.119. The van der Waals surface area contributed by atoms with E-state index >= 15 is 0 Å². The molecule has 0 spiro atoms. The molecule has 1 atom stereocenters. The number of ketones is 1. The molecule has 1 fully saturated rings. The van der Waals surface area contributed by atoms with Gasteiger partial charge in [-0.05, 0) is 6.92 Å². The zero-order valence-electron chi connectivity index (χ0n) is 15.4. The van der Waals surface area contributed by atoms with Gasteiger partial charge in [-0.15, -0.1) is 11.3 Å². The Kier molecular flexibility index (Phi) is 7.34. The number of carbonyl (C=O) groups is 2. The van der Waals surface area contributed by atoms with Crippen molar-refractivity contribution in [3.63, 3.8) is 0 Å². The van der Waals surface area contributed by atoms with Gasteiger partial charge in [0.25, 0.3) is 0 Å². The van der Waals surface area contributed by atoms with Gasteiger partial charge in [-0.2, -0.15) is 0 Å². The average Bonchev–Trinajstić information content (AvgIpc) is 3.03. The Labute approximate surface area is 153 Å². The Bertz CT molecular complexity index is 584. The topological polar surface area (TPSA) is 74.8 Å². The fourth-order valence-corrected chi connectivity index (χ4v) is 3.38. The standard InChI is InChI=1S/C17H28N4O3S/c1-12(2)16-18-14(11-25-16)9-20(4)17(23)19-15(13(3)22)10-21-5-7-24-8-6-21/h11-12,15H,5-10H2,1-4H3,(H,19,23). The molecule has 1 aliphatic heterocycles. The van der Waals surface area contributed by atoms with Crippen molar-refractivity contribution >= 4 is 23.2 Å². The molecule has 7 nitrogen and oxygen atoms in total. The van der Waals surface area contributed by atoms with E-state index < -0.39 is 6.04 Å². The van der Waals surface area contributed by atoms with Crippen molar-refractivity contribution in [3.05, 3.63) is 16.1 Å². The van der Waals surface area contributed by atoms with Gasteiger partial charge in [0, 0.05) is 38.0 Å². The Morgan fingerprint density at radius 2 is 2.08 bits per heavy atom. The number of nitrogens with one attached hydrogen (secondary N) is 1. The van der Waals surface area contributed by atoms with Crippen LogP contribution >= 0.6 is 11.3 Å². The van der Waals surface area contributed by atoms with E-state index in [1.54, 1.807) is 23.3 Å². The summed E-state index contributed by atoms with van der Waals surface area (Å²) in [5.74, 6) is 0.345. The Morgan fingerprint density at radius 1 is 1.40 bits per heavy atom. The molecule has 25 heavy (non-hydrogen) atoms. The molecule has 1 N–H and O–H groups in total. The van der Waals surface area contributed by atoms with E-state index in [1.807, 2.05) is 5.38 Å². The number of thiazole rings is 1. The number of amides is 2. The Morgan fingerprint density at radius 3 is 2.64 bits per heavy atom. The van der Waals surface area contributed by atoms with E-state index in [0.717, 1.165) is 23.8 Å². The highest BCUT2D eigenvalue weighted by Gasteiger charge is 2.23. The van der Waals surface area contributed by atoms with Crippen molar-refractivity contribution < 1.29 is 14.3 Å². The molecule has 2 amide bonds. The van der Waals surface area contributed by atoms with Gasteiger partial charge in [-0.3, -0.25) is 9.69 Å². The van der Waals surface area contributed by atoms with E-state index in [9.17, 15) is 9.59 Å². The summed E-state index contributed by atoms with van der Waals surface area (Å²) in [6, 6.07) is -0.762. The van der Waals surface area contributed by atoms with Gasteiger partial charge in [-0.25, -0.2) is 9.78 Å². The summed E-state index contributed by atoms with van der Waals surface area (Å²) in [5, 5.41) is 5.89. The molecule has 1 aliphatic rings. The van der Waals surface area contributed by atoms with Crippen LogP contribution in [-0.4, -0.2) is 72.5 Å². The molecular formula is C17H28N4O3S. The summed E-state index contributed by atoms with van der Waals surface area (Å²) in [4.78, 5) is 32.6. The minimum absolute atomic E-state index is 0.0380. The fourth-order valence-electron chi connectivity index (χ4n) is 2.55. The summed E-state index contributed by atoms with van der Waals surface area (Å²) >= 11 is 1.61. The van der Waals surface area contributed by atoms with E-state index in [0.29, 0.717) is 32.2 Å². The first-order valence-corrected chi connectivity index (χ1v) is 9.51. The number of carbonyl (C=O) groups excluding carboxylic acids is 2. The van der Waals surface area contributed by atoms with Gasteiger partial charge in [0.05, 0.1) is 30.5 Å². The summed E-state index contributed by atoms with van der Waals surface area (Å²) < 4.78 is 5.32. The minimum Gasteiger partial charge on any atom is -0.379 e. The molecule has 0 bridgehead atoms. The van der Waals surface area contributed by atoms with E-state index in [-0.39, 0.29) is 11.8 Å². The molecule has 140 valence electrons. The van der Waals surface area contributed by atoms with E-state index in [4.69, 9.17) is 4.74 Å². The van der Waals surface area contributed by atoms with Crippen LogP contribution < -0.4 is 5.32 Å². The lowest BCUT2D eigenvalue weighted by Gasteiger charge is -2.30. The normalized spacial score (nSPS) is 16.7. The van der Waals surface area contributed by atoms with E-state index in [2.05, 4.69) is 29.0 Å². The predicted molar refractivity (Wildman–Crippen MR) is 97.9 cm³/mol. The van der Waals surface area contributed by atoms with Crippen LogP contribution in [0.25, 0.3) is 0 Å². The van der Waals surface area contributed by atoms with Crippen LogP contribution in [0.4, 0.5) is 4.79 Å². The number of Topliss-reactive ketones (excluding diaryl/α,β-unsaturated/α-hetero) is 1. The van der Waals surface area contributed by atoms with Crippen LogP contribution in [-0.2, 0) is 16.1 Å². The van der Waals surface area contributed by atoms with Crippen molar-refractivity contribution in [2.24, 2.45) is 0 Å². The monoisotopic (exact) mass is 368 g/mol. The molecule has 2 heterocycles. The maximum Gasteiger partial charge on any atom is 0.318 e. The number of hydrogen-bond donors (Lipinski definition) is 1. The maximum absolute atomic E-state index is 12.4.